The first-order valence-corrected chi connectivity index (χ1v) is 5.82. The van der Waals surface area contributed by atoms with Crippen molar-refractivity contribution in [2.24, 2.45) is 11.3 Å². The molecule has 1 aromatic rings. The highest BCUT2D eigenvalue weighted by Crippen LogP contribution is 2.64. The Labute approximate surface area is 102 Å². The Balaban J connectivity index is 2.40. The zero-order valence-corrected chi connectivity index (χ0v) is 10.6. The Morgan fingerprint density at radius 1 is 1.50 bits per heavy atom. The summed E-state index contributed by atoms with van der Waals surface area (Å²) in [6.45, 7) is 3.72. The van der Waals surface area contributed by atoms with Crippen LogP contribution in [0.1, 0.15) is 25.3 Å². The molecule has 1 aliphatic carbocycles. The molecular weight excluding hydrogens is 275 g/mol. The predicted molar refractivity (Wildman–Crippen MR) is 61.7 cm³/mol. The minimum absolute atomic E-state index is 0.234. The van der Waals surface area contributed by atoms with Crippen LogP contribution in [0.25, 0.3) is 0 Å². The molecule has 86 valence electrons. The van der Waals surface area contributed by atoms with Gasteiger partial charge in [-0.25, -0.2) is 4.39 Å². The van der Waals surface area contributed by atoms with Crippen molar-refractivity contribution in [2.75, 3.05) is 0 Å². The number of carbonyl (C=O) groups is 1. The van der Waals surface area contributed by atoms with Crippen LogP contribution < -0.4 is 0 Å². The quantitative estimate of drug-likeness (QED) is 0.905. The van der Waals surface area contributed by atoms with Gasteiger partial charge in [-0.05, 0) is 29.2 Å². The lowest BCUT2D eigenvalue weighted by atomic mass is 10.0. The molecule has 1 saturated carbocycles. The highest BCUT2D eigenvalue weighted by atomic mass is 79.9. The van der Waals surface area contributed by atoms with Crippen LogP contribution in [0.4, 0.5) is 4.39 Å². The minimum atomic E-state index is -0.852. The molecule has 2 nitrogen and oxygen atoms in total. The fourth-order valence-corrected chi connectivity index (χ4v) is 2.81. The second-order valence-electron chi connectivity index (χ2n) is 4.78. The summed E-state index contributed by atoms with van der Waals surface area (Å²) in [5.74, 6) is -1.90. The molecule has 0 amide bonds. The van der Waals surface area contributed by atoms with E-state index < -0.39 is 11.9 Å². The maximum Gasteiger partial charge on any atom is 0.307 e. The van der Waals surface area contributed by atoms with Gasteiger partial charge in [0, 0.05) is 10.4 Å². The summed E-state index contributed by atoms with van der Waals surface area (Å²) in [6.07, 6.45) is 0. The van der Waals surface area contributed by atoms with Gasteiger partial charge in [0.1, 0.15) is 5.82 Å². The number of halogens is 2. The second kappa shape index (κ2) is 3.55. The average Bonchev–Trinajstić information content (AvgIpc) is 2.73. The highest BCUT2D eigenvalue weighted by Gasteiger charge is 2.63. The third kappa shape index (κ3) is 1.65. The molecule has 0 bridgehead atoms. The Hall–Kier alpha value is -0.900. The van der Waals surface area contributed by atoms with E-state index in [4.69, 9.17) is 5.11 Å². The normalized spacial score (nSPS) is 26.5. The van der Waals surface area contributed by atoms with Crippen molar-refractivity contribution >= 4 is 21.9 Å². The summed E-state index contributed by atoms with van der Waals surface area (Å²) < 4.78 is 14.4. The van der Waals surface area contributed by atoms with Crippen LogP contribution >= 0.6 is 15.9 Å². The summed E-state index contributed by atoms with van der Waals surface area (Å²) in [5.41, 5.74) is 0.125. The fraction of sp³-hybridized carbons (Fsp3) is 0.417. The van der Waals surface area contributed by atoms with E-state index >= 15 is 0 Å². The first kappa shape index (κ1) is 11.6. The topological polar surface area (TPSA) is 37.3 Å². The van der Waals surface area contributed by atoms with E-state index in [0.29, 0.717) is 5.56 Å². The molecule has 2 rings (SSSR count). The van der Waals surface area contributed by atoms with Gasteiger partial charge in [-0.3, -0.25) is 4.79 Å². The van der Waals surface area contributed by atoms with Crippen LogP contribution in [0.3, 0.4) is 0 Å². The smallest absolute Gasteiger partial charge is 0.307 e. The molecule has 2 unspecified atom stereocenters. The number of benzene rings is 1. The standard InChI is InChI=1S/C12H12BrFO2/c1-12(2)9(10(12)11(15)16)7-5-6(13)3-4-8(7)14/h3-5,9-10H,1-2H3,(H,15,16). The van der Waals surface area contributed by atoms with Crippen molar-refractivity contribution in [3.8, 4) is 0 Å². The lowest BCUT2D eigenvalue weighted by Crippen LogP contribution is -2.03. The van der Waals surface area contributed by atoms with E-state index in [-0.39, 0.29) is 17.2 Å². The number of hydrogen-bond donors (Lipinski definition) is 1. The highest BCUT2D eigenvalue weighted by molar-refractivity contribution is 9.10. The molecule has 0 spiro atoms. The van der Waals surface area contributed by atoms with Gasteiger partial charge in [-0.1, -0.05) is 29.8 Å². The van der Waals surface area contributed by atoms with Crippen LogP contribution in [0, 0.1) is 17.2 Å². The molecule has 1 aliphatic rings. The van der Waals surface area contributed by atoms with Crippen molar-refractivity contribution in [2.45, 2.75) is 19.8 Å². The number of hydrogen-bond acceptors (Lipinski definition) is 1. The molecule has 0 aliphatic heterocycles. The molecular formula is C12H12BrFO2. The van der Waals surface area contributed by atoms with Gasteiger partial charge < -0.3 is 5.11 Å². The second-order valence-corrected chi connectivity index (χ2v) is 5.70. The van der Waals surface area contributed by atoms with Gasteiger partial charge in [0.2, 0.25) is 0 Å². The van der Waals surface area contributed by atoms with Crippen LogP contribution in [-0.4, -0.2) is 11.1 Å². The Morgan fingerprint density at radius 2 is 2.12 bits per heavy atom. The van der Waals surface area contributed by atoms with Gasteiger partial charge >= 0.3 is 5.97 Å². The molecule has 1 fully saturated rings. The van der Waals surface area contributed by atoms with E-state index in [2.05, 4.69) is 15.9 Å². The third-order valence-electron chi connectivity index (χ3n) is 3.39. The Bertz CT molecular complexity index is 456. The number of carboxylic acid groups (broad SMARTS) is 1. The predicted octanol–water partition coefficient (Wildman–Crippen LogP) is 3.41. The number of rotatable bonds is 2. The van der Waals surface area contributed by atoms with Crippen molar-refractivity contribution < 1.29 is 14.3 Å². The summed E-state index contributed by atoms with van der Waals surface area (Å²) in [7, 11) is 0. The molecule has 0 radical (unpaired) electrons. The van der Waals surface area contributed by atoms with Crippen LogP contribution in [0.15, 0.2) is 22.7 Å². The fourth-order valence-electron chi connectivity index (χ4n) is 2.43. The van der Waals surface area contributed by atoms with Gasteiger partial charge in [-0.15, -0.1) is 0 Å². The number of carboxylic acids is 1. The summed E-state index contributed by atoms with van der Waals surface area (Å²) in [5, 5.41) is 9.05. The van der Waals surface area contributed by atoms with Crippen LogP contribution in [0.2, 0.25) is 0 Å². The molecule has 2 atom stereocenters. The maximum atomic E-state index is 13.6. The van der Waals surface area contributed by atoms with Crippen molar-refractivity contribution in [1.82, 2.24) is 0 Å². The van der Waals surface area contributed by atoms with Gasteiger partial charge in [-0.2, -0.15) is 0 Å². The molecule has 4 heteroatoms. The molecule has 1 N–H and O–H groups in total. The van der Waals surface area contributed by atoms with E-state index in [9.17, 15) is 9.18 Å². The SMILES string of the molecule is CC1(C)C(C(=O)O)C1c1cc(Br)ccc1F. The minimum Gasteiger partial charge on any atom is -0.481 e. The molecule has 0 aromatic heterocycles. The summed E-state index contributed by atoms with van der Waals surface area (Å²) in [6, 6.07) is 4.65. The summed E-state index contributed by atoms with van der Waals surface area (Å²) >= 11 is 3.27. The zero-order valence-electron chi connectivity index (χ0n) is 9.00. The molecule has 0 heterocycles. The Morgan fingerprint density at radius 3 is 2.62 bits per heavy atom. The average molecular weight is 287 g/mol. The first-order chi connectivity index (χ1) is 7.35. The lowest BCUT2D eigenvalue weighted by molar-refractivity contribution is -0.139. The van der Waals surface area contributed by atoms with E-state index in [0.717, 1.165) is 4.47 Å². The maximum absolute atomic E-state index is 13.6. The van der Waals surface area contributed by atoms with Crippen LogP contribution in [0.5, 0.6) is 0 Å². The Kier molecular flexibility index (Phi) is 2.57. The first-order valence-electron chi connectivity index (χ1n) is 5.03. The van der Waals surface area contributed by atoms with E-state index in [1.54, 1.807) is 12.1 Å². The van der Waals surface area contributed by atoms with E-state index in [1.165, 1.54) is 6.07 Å². The lowest BCUT2D eigenvalue weighted by Gasteiger charge is -2.04. The molecule has 0 saturated heterocycles. The largest absolute Gasteiger partial charge is 0.481 e. The molecule has 1 aromatic carbocycles. The van der Waals surface area contributed by atoms with Gasteiger partial charge in [0.05, 0.1) is 5.92 Å². The third-order valence-corrected chi connectivity index (χ3v) is 3.88. The zero-order chi connectivity index (χ0) is 12.1. The monoisotopic (exact) mass is 286 g/mol. The van der Waals surface area contributed by atoms with Crippen molar-refractivity contribution in [1.29, 1.82) is 0 Å². The van der Waals surface area contributed by atoms with E-state index in [1.807, 2.05) is 13.8 Å². The number of aliphatic carboxylic acids is 1. The van der Waals surface area contributed by atoms with Crippen molar-refractivity contribution in [3.05, 3.63) is 34.1 Å². The molecule has 16 heavy (non-hydrogen) atoms. The van der Waals surface area contributed by atoms with Gasteiger partial charge in [0.15, 0.2) is 0 Å². The van der Waals surface area contributed by atoms with Crippen LogP contribution in [-0.2, 0) is 4.79 Å². The van der Waals surface area contributed by atoms with Gasteiger partial charge in [0.25, 0.3) is 0 Å². The van der Waals surface area contributed by atoms with Crippen molar-refractivity contribution in [3.63, 3.8) is 0 Å². The summed E-state index contributed by atoms with van der Waals surface area (Å²) in [4.78, 5) is 11.0.